The predicted octanol–water partition coefficient (Wildman–Crippen LogP) is 0.933. The molecule has 0 atom stereocenters. The van der Waals surface area contributed by atoms with Crippen molar-refractivity contribution in [1.29, 1.82) is 0 Å². The summed E-state index contributed by atoms with van der Waals surface area (Å²) >= 11 is 1.60. The number of fused-ring (bicyclic) bond motifs is 1. The van der Waals surface area contributed by atoms with Gasteiger partial charge in [-0.15, -0.1) is 11.3 Å². The number of rotatable bonds is 2. The zero-order valence-electron chi connectivity index (χ0n) is 9.04. The first-order valence-corrected chi connectivity index (χ1v) is 5.92. The van der Waals surface area contributed by atoms with Crippen LogP contribution in [-0.4, -0.2) is 24.7 Å². The second kappa shape index (κ2) is 3.77. The van der Waals surface area contributed by atoms with E-state index < -0.39 is 0 Å². The van der Waals surface area contributed by atoms with E-state index in [4.69, 9.17) is 0 Å². The minimum atomic E-state index is -0.219. The lowest BCUT2D eigenvalue weighted by molar-refractivity contribution is 0.682. The fourth-order valence-electron chi connectivity index (χ4n) is 1.62. The molecule has 0 aliphatic heterocycles. The highest BCUT2D eigenvalue weighted by Crippen LogP contribution is 2.10. The second-order valence-corrected chi connectivity index (χ2v) is 4.71. The highest BCUT2D eigenvalue weighted by Gasteiger charge is 2.06. The number of nitrogens with one attached hydrogen (secondary N) is 1. The highest BCUT2D eigenvalue weighted by molar-refractivity contribution is 7.09. The Hall–Kier alpha value is -2.02. The third-order valence-corrected chi connectivity index (χ3v) is 3.17. The number of hydrogen-bond donors (Lipinski definition) is 1. The van der Waals surface area contributed by atoms with Crippen molar-refractivity contribution in [3.8, 4) is 0 Å². The molecular formula is C10H9N5OS. The van der Waals surface area contributed by atoms with Crippen molar-refractivity contribution >= 4 is 22.4 Å². The quantitative estimate of drug-likeness (QED) is 0.731. The predicted molar refractivity (Wildman–Crippen MR) is 64.1 cm³/mol. The van der Waals surface area contributed by atoms with Crippen molar-refractivity contribution in [3.05, 3.63) is 39.0 Å². The van der Waals surface area contributed by atoms with Crippen LogP contribution < -0.4 is 5.56 Å². The van der Waals surface area contributed by atoms with Gasteiger partial charge >= 0.3 is 0 Å². The molecule has 3 aromatic rings. The molecule has 0 aliphatic carbocycles. The molecule has 1 N–H and O–H groups in total. The smallest absolute Gasteiger partial charge is 0.279 e. The van der Waals surface area contributed by atoms with Crippen molar-refractivity contribution in [2.75, 3.05) is 0 Å². The first-order chi connectivity index (χ1) is 8.22. The van der Waals surface area contributed by atoms with Gasteiger partial charge in [-0.3, -0.25) is 9.48 Å². The number of hydrogen-bond acceptors (Lipinski definition) is 5. The first kappa shape index (κ1) is 10.2. The van der Waals surface area contributed by atoms with Gasteiger partial charge in [0.05, 0.1) is 29.8 Å². The summed E-state index contributed by atoms with van der Waals surface area (Å²) in [5, 5.41) is 7.20. The van der Waals surface area contributed by atoms with Crippen LogP contribution >= 0.6 is 11.3 Å². The molecule has 17 heavy (non-hydrogen) atoms. The summed E-state index contributed by atoms with van der Waals surface area (Å²) in [6, 6.07) is 0. The van der Waals surface area contributed by atoms with Crippen LogP contribution in [0.2, 0.25) is 0 Å². The Morgan fingerprint density at radius 1 is 1.53 bits per heavy atom. The van der Waals surface area contributed by atoms with Gasteiger partial charge in [-0.25, -0.2) is 9.97 Å². The molecule has 0 radical (unpaired) electrons. The molecule has 3 aromatic heterocycles. The molecule has 0 fully saturated rings. The third kappa shape index (κ3) is 1.84. The van der Waals surface area contributed by atoms with Gasteiger partial charge in [0.1, 0.15) is 5.52 Å². The minimum Gasteiger partial charge on any atom is -0.311 e. The number of H-pyrrole nitrogens is 1. The van der Waals surface area contributed by atoms with Gasteiger partial charge in [-0.2, -0.15) is 5.10 Å². The molecule has 0 aromatic carbocycles. The number of aromatic amines is 1. The Morgan fingerprint density at radius 2 is 2.41 bits per heavy atom. The van der Waals surface area contributed by atoms with Crippen molar-refractivity contribution in [2.45, 2.75) is 13.5 Å². The molecule has 0 unspecified atom stereocenters. The molecule has 3 rings (SSSR count). The lowest BCUT2D eigenvalue weighted by Gasteiger charge is -1.95. The molecule has 3 heterocycles. The molecule has 0 saturated carbocycles. The molecule has 0 spiro atoms. The Bertz CT molecular complexity index is 725. The summed E-state index contributed by atoms with van der Waals surface area (Å²) in [6.45, 7) is 2.51. The average Bonchev–Trinajstić information content (AvgIpc) is 2.86. The second-order valence-electron chi connectivity index (χ2n) is 3.65. The van der Waals surface area contributed by atoms with Crippen LogP contribution in [0.1, 0.15) is 10.7 Å². The molecule has 0 bridgehead atoms. The van der Waals surface area contributed by atoms with Gasteiger partial charge in [0.25, 0.3) is 5.56 Å². The summed E-state index contributed by atoms with van der Waals surface area (Å²) in [5.41, 5.74) is 1.68. The van der Waals surface area contributed by atoms with Gasteiger partial charge in [0, 0.05) is 5.38 Å². The number of thiazole rings is 1. The Balaban J connectivity index is 2.01. The Labute approximate surface area is 100.0 Å². The van der Waals surface area contributed by atoms with E-state index in [1.807, 2.05) is 12.3 Å². The van der Waals surface area contributed by atoms with Crippen molar-refractivity contribution in [1.82, 2.24) is 24.7 Å². The van der Waals surface area contributed by atoms with Crippen LogP contribution in [0.4, 0.5) is 0 Å². The van der Waals surface area contributed by atoms with Crippen LogP contribution in [0.3, 0.4) is 0 Å². The number of nitrogens with zero attached hydrogens (tertiary/aromatic N) is 4. The monoisotopic (exact) mass is 247 g/mol. The van der Waals surface area contributed by atoms with E-state index in [1.54, 1.807) is 22.2 Å². The summed E-state index contributed by atoms with van der Waals surface area (Å²) in [5.74, 6) is 0. The zero-order chi connectivity index (χ0) is 11.8. The summed E-state index contributed by atoms with van der Waals surface area (Å²) in [4.78, 5) is 22.4. The fourth-order valence-corrected chi connectivity index (χ4v) is 2.23. The summed E-state index contributed by atoms with van der Waals surface area (Å²) in [6.07, 6.45) is 3.13. The van der Waals surface area contributed by atoms with Crippen LogP contribution in [0.25, 0.3) is 11.0 Å². The van der Waals surface area contributed by atoms with Gasteiger partial charge in [-0.05, 0) is 6.92 Å². The molecule has 6 nitrogen and oxygen atoms in total. The Morgan fingerprint density at radius 3 is 3.12 bits per heavy atom. The van der Waals surface area contributed by atoms with E-state index in [0.717, 1.165) is 10.7 Å². The number of aromatic nitrogens is 5. The maximum atomic E-state index is 11.5. The SMILES string of the molecule is Cc1nc(Cn2cc3nc[nH]c(=O)c3n2)cs1. The van der Waals surface area contributed by atoms with Crippen molar-refractivity contribution < 1.29 is 0 Å². The Kier molecular flexibility index (Phi) is 2.25. The maximum absolute atomic E-state index is 11.5. The van der Waals surface area contributed by atoms with E-state index >= 15 is 0 Å². The first-order valence-electron chi connectivity index (χ1n) is 5.04. The van der Waals surface area contributed by atoms with Crippen LogP contribution in [-0.2, 0) is 6.54 Å². The largest absolute Gasteiger partial charge is 0.311 e. The summed E-state index contributed by atoms with van der Waals surface area (Å²) < 4.78 is 1.68. The molecule has 0 saturated heterocycles. The molecule has 0 amide bonds. The normalized spacial score (nSPS) is 11.1. The molecule has 7 heteroatoms. The van der Waals surface area contributed by atoms with Crippen LogP contribution in [0.5, 0.6) is 0 Å². The van der Waals surface area contributed by atoms with E-state index in [2.05, 4.69) is 20.1 Å². The standard InChI is InChI=1S/C10H9N5OS/c1-6-13-7(4-17-6)2-15-3-8-9(14-15)10(16)12-5-11-8/h3-5H,2H2,1H3,(H,11,12,16). The van der Waals surface area contributed by atoms with Gasteiger partial charge in [-0.1, -0.05) is 0 Å². The van der Waals surface area contributed by atoms with Crippen LogP contribution in [0, 0.1) is 6.92 Å². The molecular weight excluding hydrogens is 238 g/mol. The van der Waals surface area contributed by atoms with Crippen LogP contribution in [0.15, 0.2) is 22.7 Å². The van der Waals surface area contributed by atoms with Gasteiger partial charge < -0.3 is 4.98 Å². The highest BCUT2D eigenvalue weighted by atomic mass is 32.1. The number of aryl methyl sites for hydroxylation is 1. The van der Waals surface area contributed by atoms with E-state index in [0.29, 0.717) is 17.6 Å². The van der Waals surface area contributed by atoms with Gasteiger partial charge in [0.2, 0.25) is 0 Å². The average molecular weight is 247 g/mol. The fraction of sp³-hybridized carbons (Fsp3) is 0.200. The third-order valence-electron chi connectivity index (χ3n) is 2.35. The van der Waals surface area contributed by atoms with E-state index in [-0.39, 0.29) is 5.56 Å². The van der Waals surface area contributed by atoms with Crippen molar-refractivity contribution in [3.63, 3.8) is 0 Å². The van der Waals surface area contributed by atoms with Gasteiger partial charge in [0.15, 0.2) is 5.52 Å². The minimum absolute atomic E-state index is 0.219. The lowest BCUT2D eigenvalue weighted by Crippen LogP contribution is -2.07. The van der Waals surface area contributed by atoms with E-state index in [1.165, 1.54) is 6.33 Å². The lowest BCUT2D eigenvalue weighted by atomic mass is 10.5. The molecule has 0 aliphatic rings. The summed E-state index contributed by atoms with van der Waals surface area (Å²) in [7, 11) is 0. The topological polar surface area (TPSA) is 76.5 Å². The maximum Gasteiger partial charge on any atom is 0.279 e. The van der Waals surface area contributed by atoms with Crippen molar-refractivity contribution in [2.24, 2.45) is 0 Å². The zero-order valence-corrected chi connectivity index (χ0v) is 9.86. The molecule has 86 valence electrons. The van der Waals surface area contributed by atoms with E-state index in [9.17, 15) is 4.79 Å².